The van der Waals surface area contributed by atoms with Gasteiger partial charge in [0.25, 0.3) is 0 Å². The summed E-state index contributed by atoms with van der Waals surface area (Å²) in [6, 6.07) is -0.979. The second kappa shape index (κ2) is 12.3. The summed E-state index contributed by atoms with van der Waals surface area (Å²) >= 11 is 0. The standard InChI is InChI=1S/C5H10N2O3.C5H8O2/c6-3(5(9)10)1-2-4(7)8;6-4-2-1-3-5-7/h3H,1-2,6H2,(H2,7,8)(H,9,10);4-5H,1-3H2/t3-;/m0./s1. The fraction of sp³-hybridized carbons (Fsp3) is 0.600. The molecule has 0 fully saturated rings. The quantitative estimate of drug-likeness (QED) is 0.379. The number of hydrogen-bond acceptors (Lipinski definition) is 5. The van der Waals surface area contributed by atoms with Gasteiger partial charge in [0.15, 0.2) is 0 Å². The Balaban J connectivity index is 0. The normalized spacial score (nSPS) is 10.6. The van der Waals surface area contributed by atoms with Crippen molar-refractivity contribution < 1.29 is 24.3 Å². The Morgan fingerprint density at radius 2 is 1.65 bits per heavy atom. The smallest absolute Gasteiger partial charge is 0.320 e. The summed E-state index contributed by atoms with van der Waals surface area (Å²) in [5.41, 5.74) is 9.81. The lowest BCUT2D eigenvalue weighted by molar-refractivity contribution is -0.138. The molecule has 17 heavy (non-hydrogen) atoms. The molecule has 0 spiro atoms. The molecule has 0 bridgehead atoms. The number of amides is 1. The van der Waals surface area contributed by atoms with E-state index in [1.165, 1.54) is 0 Å². The summed E-state index contributed by atoms with van der Waals surface area (Å²) in [5, 5.41) is 8.22. The number of nitrogens with two attached hydrogens (primary N) is 2. The first-order chi connectivity index (χ1) is 7.95. The van der Waals surface area contributed by atoms with Gasteiger partial charge in [0.2, 0.25) is 5.91 Å². The maximum Gasteiger partial charge on any atom is 0.320 e. The third-order valence-corrected chi connectivity index (χ3v) is 1.66. The zero-order valence-electron chi connectivity index (χ0n) is 9.50. The predicted molar refractivity (Wildman–Crippen MR) is 60.0 cm³/mol. The Kier molecular flexibility index (Phi) is 12.8. The first-order valence-electron chi connectivity index (χ1n) is 5.09. The van der Waals surface area contributed by atoms with Crippen molar-refractivity contribution in [1.82, 2.24) is 0 Å². The predicted octanol–water partition coefficient (Wildman–Crippen LogP) is -0.782. The van der Waals surface area contributed by atoms with E-state index < -0.39 is 17.9 Å². The molecule has 0 aromatic heterocycles. The molecule has 5 N–H and O–H groups in total. The maximum absolute atomic E-state index is 10.1. The highest BCUT2D eigenvalue weighted by Gasteiger charge is 2.11. The van der Waals surface area contributed by atoms with Crippen LogP contribution in [0.25, 0.3) is 0 Å². The van der Waals surface area contributed by atoms with Crippen molar-refractivity contribution >= 4 is 24.4 Å². The average Bonchev–Trinajstić information content (AvgIpc) is 2.27. The van der Waals surface area contributed by atoms with Gasteiger partial charge in [-0.15, -0.1) is 0 Å². The largest absolute Gasteiger partial charge is 0.480 e. The Morgan fingerprint density at radius 1 is 1.18 bits per heavy atom. The van der Waals surface area contributed by atoms with E-state index in [4.69, 9.17) is 16.6 Å². The monoisotopic (exact) mass is 246 g/mol. The lowest BCUT2D eigenvalue weighted by atomic mass is 10.2. The number of primary amides is 1. The molecular formula is C10H18N2O5. The van der Waals surface area contributed by atoms with Gasteiger partial charge in [-0.3, -0.25) is 9.59 Å². The van der Waals surface area contributed by atoms with Gasteiger partial charge in [-0.25, -0.2) is 0 Å². The number of hydrogen-bond donors (Lipinski definition) is 3. The summed E-state index contributed by atoms with van der Waals surface area (Å²) < 4.78 is 0. The molecule has 7 heteroatoms. The van der Waals surface area contributed by atoms with Gasteiger partial charge in [0, 0.05) is 19.3 Å². The van der Waals surface area contributed by atoms with Crippen LogP contribution in [0, 0.1) is 0 Å². The number of rotatable bonds is 8. The molecule has 0 saturated heterocycles. The van der Waals surface area contributed by atoms with Gasteiger partial charge in [0.05, 0.1) is 0 Å². The van der Waals surface area contributed by atoms with E-state index in [2.05, 4.69) is 0 Å². The highest BCUT2D eigenvalue weighted by Crippen LogP contribution is 1.92. The van der Waals surface area contributed by atoms with E-state index >= 15 is 0 Å². The van der Waals surface area contributed by atoms with Crippen molar-refractivity contribution in [3.8, 4) is 0 Å². The fourth-order valence-electron chi connectivity index (χ4n) is 0.706. The van der Waals surface area contributed by atoms with Crippen molar-refractivity contribution in [3.05, 3.63) is 0 Å². The van der Waals surface area contributed by atoms with Gasteiger partial charge in [0.1, 0.15) is 18.6 Å². The summed E-state index contributed by atoms with van der Waals surface area (Å²) in [6.07, 6.45) is 3.50. The minimum atomic E-state index is -1.11. The van der Waals surface area contributed by atoms with Gasteiger partial charge >= 0.3 is 5.97 Å². The lowest BCUT2D eigenvalue weighted by Crippen LogP contribution is -2.31. The molecule has 98 valence electrons. The van der Waals surface area contributed by atoms with Crippen LogP contribution in [0.1, 0.15) is 32.1 Å². The van der Waals surface area contributed by atoms with Crippen LogP contribution in [0.2, 0.25) is 0 Å². The molecule has 0 rings (SSSR count). The zero-order valence-corrected chi connectivity index (χ0v) is 9.50. The topological polar surface area (TPSA) is 141 Å². The number of aliphatic carboxylic acids is 1. The second-order valence-electron chi connectivity index (χ2n) is 3.21. The molecule has 0 saturated carbocycles. The van der Waals surface area contributed by atoms with Crippen molar-refractivity contribution in [2.24, 2.45) is 11.5 Å². The van der Waals surface area contributed by atoms with E-state index in [1.807, 2.05) is 0 Å². The molecule has 0 aliphatic carbocycles. The van der Waals surface area contributed by atoms with E-state index in [-0.39, 0.29) is 12.8 Å². The van der Waals surface area contributed by atoms with Crippen LogP contribution >= 0.6 is 0 Å². The number of carboxylic acid groups (broad SMARTS) is 1. The summed E-state index contributed by atoms with van der Waals surface area (Å²) in [4.78, 5) is 39.3. The van der Waals surface area contributed by atoms with Crippen LogP contribution in [0.15, 0.2) is 0 Å². The minimum Gasteiger partial charge on any atom is -0.480 e. The third-order valence-electron chi connectivity index (χ3n) is 1.66. The van der Waals surface area contributed by atoms with Gasteiger partial charge in [-0.1, -0.05) is 0 Å². The maximum atomic E-state index is 10.1. The highest BCUT2D eigenvalue weighted by molar-refractivity contribution is 5.76. The molecule has 0 heterocycles. The van der Waals surface area contributed by atoms with Crippen molar-refractivity contribution in [1.29, 1.82) is 0 Å². The molecule has 0 unspecified atom stereocenters. The molecule has 0 aromatic carbocycles. The molecule has 1 amide bonds. The molecular weight excluding hydrogens is 228 g/mol. The van der Waals surface area contributed by atoms with E-state index in [1.54, 1.807) is 0 Å². The van der Waals surface area contributed by atoms with Crippen molar-refractivity contribution in [2.45, 2.75) is 38.1 Å². The SMILES string of the molecule is NC(=O)CC[C@H](N)C(=O)O.O=CCCCC=O. The lowest BCUT2D eigenvalue weighted by Gasteiger charge is -2.01. The van der Waals surface area contributed by atoms with Crippen molar-refractivity contribution in [3.63, 3.8) is 0 Å². The van der Waals surface area contributed by atoms with Gasteiger partial charge in [-0.05, 0) is 12.8 Å². The summed E-state index contributed by atoms with van der Waals surface area (Å²) in [5.74, 6) is -1.64. The number of carboxylic acids is 1. The Morgan fingerprint density at radius 3 is 1.94 bits per heavy atom. The van der Waals surface area contributed by atoms with Gasteiger partial charge < -0.3 is 26.2 Å². The Bertz CT molecular complexity index is 247. The molecule has 0 radical (unpaired) electrons. The van der Waals surface area contributed by atoms with Gasteiger partial charge in [-0.2, -0.15) is 0 Å². The number of aldehydes is 2. The zero-order chi connectivity index (χ0) is 13.7. The Labute approximate surface area is 99.1 Å². The van der Waals surface area contributed by atoms with E-state index in [0.717, 1.165) is 12.6 Å². The van der Waals surface area contributed by atoms with Crippen LogP contribution in [-0.2, 0) is 19.2 Å². The first kappa shape index (κ1) is 17.6. The average molecular weight is 246 g/mol. The first-order valence-corrected chi connectivity index (χ1v) is 5.09. The van der Waals surface area contributed by atoms with E-state index in [0.29, 0.717) is 19.3 Å². The molecule has 1 atom stereocenters. The molecule has 0 aliphatic heterocycles. The number of carbonyl (C=O) groups excluding carboxylic acids is 3. The molecule has 0 aliphatic rings. The van der Waals surface area contributed by atoms with Crippen molar-refractivity contribution in [2.75, 3.05) is 0 Å². The summed E-state index contributed by atoms with van der Waals surface area (Å²) in [6.45, 7) is 0. The second-order valence-corrected chi connectivity index (χ2v) is 3.21. The minimum absolute atomic E-state index is 0.0213. The highest BCUT2D eigenvalue weighted by atomic mass is 16.4. The van der Waals surface area contributed by atoms with Crippen LogP contribution < -0.4 is 11.5 Å². The molecule has 7 nitrogen and oxygen atoms in total. The number of carbonyl (C=O) groups is 4. The van der Waals surface area contributed by atoms with Crippen LogP contribution in [-0.4, -0.2) is 35.6 Å². The van der Waals surface area contributed by atoms with Crippen LogP contribution in [0.4, 0.5) is 0 Å². The fourth-order valence-corrected chi connectivity index (χ4v) is 0.706. The molecule has 0 aromatic rings. The third kappa shape index (κ3) is 16.9. The van der Waals surface area contributed by atoms with E-state index in [9.17, 15) is 19.2 Å². The number of unbranched alkanes of at least 4 members (excludes halogenated alkanes) is 2. The Hall–Kier alpha value is -1.76. The summed E-state index contributed by atoms with van der Waals surface area (Å²) in [7, 11) is 0. The van der Waals surface area contributed by atoms with Crippen LogP contribution in [0.3, 0.4) is 0 Å². The van der Waals surface area contributed by atoms with Crippen LogP contribution in [0.5, 0.6) is 0 Å².